The van der Waals surface area contributed by atoms with Crippen molar-refractivity contribution in [2.45, 2.75) is 38.1 Å². The number of hydrogen-bond acceptors (Lipinski definition) is 8. The van der Waals surface area contributed by atoms with Gasteiger partial charge < -0.3 is 21.1 Å². The number of benzene rings is 1. The van der Waals surface area contributed by atoms with Gasteiger partial charge in [-0.3, -0.25) is 14.4 Å². The normalized spacial score (nSPS) is 14.7. The van der Waals surface area contributed by atoms with Crippen molar-refractivity contribution in [3.05, 3.63) is 34.9 Å². The van der Waals surface area contributed by atoms with Gasteiger partial charge in [0.1, 0.15) is 5.03 Å². The summed E-state index contributed by atoms with van der Waals surface area (Å²) in [6.07, 6.45) is 2.04. The molecule has 0 saturated carbocycles. The van der Waals surface area contributed by atoms with Crippen LogP contribution in [0.15, 0.2) is 23.2 Å². The molecule has 0 fully saturated rings. The van der Waals surface area contributed by atoms with E-state index < -0.39 is 0 Å². The van der Waals surface area contributed by atoms with E-state index in [1.54, 1.807) is 0 Å². The van der Waals surface area contributed by atoms with Crippen molar-refractivity contribution in [1.29, 1.82) is 0 Å². The monoisotopic (exact) mass is 459 g/mol. The van der Waals surface area contributed by atoms with Gasteiger partial charge in [-0.05, 0) is 49.9 Å². The highest BCUT2D eigenvalue weighted by Crippen LogP contribution is 2.29. The molecule has 2 heterocycles. The Bertz CT molecular complexity index is 968. The summed E-state index contributed by atoms with van der Waals surface area (Å²) < 4.78 is 3.86. The number of nitrogen functional groups attached to an aromatic ring is 1. The lowest BCUT2D eigenvalue weighted by Gasteiger charge is -2.13. The van der Waals surface area contributed by atoms with Crippen molar-refractivity contribution >= 4 is 36.0 Å². The number of rotatable bonds is 1. The molecule has 0 spiro atoms. The van der Waals surface area contributed by atoms with Gasteiger partial charge >= 0.3 is 0 Å². The first-order valence-electron chi connectivity index (χ1n) is 10.3. The first-order valence-corrected chi connectivity index (χ1v) is 11.2. The summed E-state index contributed by atoms with van der Waals surface area (Å²) in [4.78, 5) is 42.2. The summed E-state index contributed by atoms with van der Waals surface area (Å²) in [5.74, 6) is 0.693. The van der Waals surface area contributed by atoms with Crippen molar-refractivity contribution < 1.29 is 19.1 Å². The molecule has 1 aliphatic heterocycles. The predicted octanol–water partition coefficient (Wildman–Crippen LogP) is 2.25. The van der Waals surface area contributed by atoms with Gasteiger partial charge in [0.05, 0.1) is 12.8 Å². The number of nitrogens with one attached hydrogen (secondary N) is 2. The number of hydrogen-bond donors (Lipinski definition) is 3. The predicted molar refractivity (Wildman–Crippen MR) is 124 cm³/mol. The van der Waals surface area contributed by atoms with Crippen LogP contribution in [0, 0.1) is 13.8 Å². The second-order valence-electron chi connectivity index (χ2n) is 7.18. The summed E-state index contributed by atoms with van der Waals surface area (Å²) >= 11 is 1.47. The quantitative estimate of drug-likeness (QED) is 0.436. The lowest BCUT2D eigenvalue weighted by molar-refractivity contribution is -0.126. The van der Waals surface area contributed by atoms with Gasteiger partial charge in [-0.2, -0.15) is 0 Å². The van der Waals surface area contributed by atoms with Gasteiger partial charge in [-0.1, -0.05) is 6.07 Å². The maximum atomic E-state index is 12.7. The first kappa shape index (κ1) is 25.1. The second-order valence-corrected chi connectivity index (χ2v) is 8.29. The van der Waals surface area contributed by atoms with Crippen molar-refractivity contribution in [3.8, 4) is 11.3 Å². The lowest BCUT2D eigenvalue weighted by atomic mass is 9.97. The maximum absolute atomic E-state index is 12.7. The molecule has 1 aliphatic rings. The van der Waals surface area contributed by atoms with Gasteiger partial charge in [0, 0.05) is 36.4 Å². The summed E-state index contributed by atoms with van der Waals surface area (Å²) in [5, 5.41) is 6.58. The van der Waals surface area contributed by atoms with Crippen molar-refractivity contribution in [3.63, 3.8) is 0 Å². The number of fused-ring (bicyclic) bond motifs is 5. The van der Waals surface area contributed by atoms with E-state index in [2.05, 4.69) is 25.3 Å². The van der Waals surface area contributed by atoms with E-state index >= 15 is 0 Å². The maximum Gasteiger partial charge on any atom is 0.292 e. The number of aryl methyl sites for hydroxylation is 2. The molecule has 1 aromatic carbocycles. The minimum Gasteiger partial charge on any atom is -0.471 e. The van der Waals surface area contributed by atoms with Crippen LogP contribution < -0.4 is 16.4 Å². The molecule has 4 N–H and O–H groups in total. The van der Waals surface area contributed by atoms with Crippen LogP contribution in [0.3, 0.4) is 0 Å². The summed E-state index contributed by atoms with van der Waals surface area (Å²) in [6, 6.07) is 5.72. The van der Waals surface area contributed by atoms with Crippen LogP contribution in [-0.4, -0.2) is 54.2 Å². The number of nitrogens with zero attached hydrogens (tertiary/aromatic N) is 2. The van der Waals surface area contributed by atoms with E-state index in [4.69, 9.17) is 10.5 Å². The van der Waals surface area contributed by atoms with Gasteiger partial charge in [-0.15, -0.1) is 11.8 Å². The Hall–Kier alpha value is -3.14. The number of methoxy groups -OCH3 is 1. The molecule has 0 saturated heterocycles. The summed E-state index contributed by atoms with van der Waals surface area (Å²) in [5.41, 5.74) is 10.0. The Morgan fingerprint density at radius 3 is 2.38 bits per heavy atom. The molecule has 0 radical (unpaired) electrons. The fourth-order valence-electron chi connectivity index (χ4n) is 3.14. The lowest BCUT2D eigenvalue weighted by Crippen LogP contribution is -2.27. The molecule has 0 aliphatic carbocycles. The van der Waals surface area contributed by atoms with Gasteiger partial charge in [0.15, 0.2) is 0 Å². The fourth-order valence-corrected chi connectivity index (χ4v) is 3.99. The Kier molecular flexibility index (Phi) is 9.93. The van der Waals surface area contributed by atoms with Gasteiger partial charge in [-0.25, -0.2) is 9.97 Å². The van der Waals surface area contributed by atoms with Crippen LogP contribution in [-0.2, 0) is 14.3 Å². The van der Waals surface area contributed by atoms with E-state index in [1.165, 1.54) is 18.9 Å². The van der Waals surface area contributed by atoms with E-state index in [0.717, 1.165) is 29.5 Å². The molecule has 3 rings (SSSR count). The number of nitrogens with two attached hydrogens (primary N) is 1. The third-order valence-corrected chi connectivity index (χ3v) is 5.61. The zero-order valence-electron chi connectivity index (χ0n) is 18.6. The average Bonchev–Trinajstić information content (AvgIpc) is 2.75. The molecular weight excluding hydrogens is 430 g/mol. The molecule has 172 valence electrons. The molecule has 10 heteroatoms. The van der Waals surface area contributed by atoms with Crippen LogP contribution >= 0.6 is 11.8 Å². The molecule has 0 unspecified atom stereocenters. The zero-order valence-corrected chi connectivity index (χ0v) is 19.4. The molecule has 4 bridgehead atoms. The number of amides is 2. The average molecular weight is 460 g/mol. The topological polar surface area (TPSA) is 136 Å². The largest absolute Gasteiger partial charge is 0.471 e. The highest BCUT2D eigenvalue weighted by molar-refractivity contribution is 7.99. The van der Waals surface area contributed by atoms with E-state index in [0.29, 0.717) is 48.0 Å². The number of carbonyl (C=O) groups is 3. The first-order chi connectivity index (χ1) is 15.3. The van der Waals surface area contributed by atoms with Crippen molar-refractivity contribution in [2.75, 3.05) is 31.7 Å². The number of anilines is 1. The number of thioether (sulfide) groups is 1. The molecule has 1 aromatic heterocycles. The smallest absolute Gasteiger partial charge is 0.292 e. The highest BCUT2D eigenvalue weighted by atomic mass is 32.2. The standard InChI is InChI=1S/C20H25N5O2S.C2H4O2/c1-12-9-13(2)15-10-14(12)16-11-18(25-20(21)24-16)28-8-5-17(26)22-6-3-4-7-23-19(15)27;1-4-2-3/h9-11H,3-8H2,1-2H3,(H,22,26)(H,23,27)(H2,21,24,25);2H,1H3. The van der Waals surface area contributed by atoms with Gasteiger partial charge in [0.25, 0.3) is 12.4 Å². The van der Waals surface area contributed by atoms with E-state index in [9.17, 15) is 9.59 Å². The van der Waals surface area contributed by atoms with Crippen LogP contribution in [0.25, 0.3) is 11.3 Å². The molecule has 2 aromatic rings. The molecular formula is C22H29N5O4S. The number of ether oxygens (including phenoxy) is 1. The van der Waals surface area contributed by atoms with Crippen LogP contribution in [0.5, 0.6) is 0 Å². The molecule has 32 heavy (non-hydrogen) atoms. The van der Waals surface area contributed by atoms with Gasteiger partial charge in [0.2, 0.25) is 11.9 Å². The Labute approximate surface area is 191 Å². The minimum atomic E-state index is -0.108. The molecule has 2 amide bonds. The molecule has 0 atom stereocenters. The SMILES string of the molecule is COC=O.Cc1cc(C)c2cc1C(=O)NCCCCNC(=O)CCSc1cc-2nc(N)n1. The van der Waals surface area contributed by atoms with Crippen molar-refractivity contribution in [1.82, 2.24) is 20.6 Å². The number of aromatic nitrogens is 2. The second kappa shape index (κ2) is 12.7. The van der Waals surface area contributed by atoms with Crippen LogP contribution in [0.2, 0.25) is 0 Å². The summed E-state index contributed by atoms with van der Waals surface area (Å²) in [7, 11) is 1.31. The third kappa shape index (κ3) is 7.52. The summed E-state index contributed by atoms with van der Waals surface area (Å²) in [6.45, 7) is 5.47. The molecule has 9 nitrogen and oxygen atoms in total. The van der Waals surface area contributed by atoms with Crippen LogP contribution in [0.1, 0.15) is 40.7 Å². The Balaban J connectivity index is 0.000000837. The highest BCUT2D eigenvalue weighted by Gasteiger charge is 2.15. The van der Waals surface area contributed by atoms with Crippen molar-refractivity contribution in [2.24, 2.45) is 0 Å². The van der Waals surface area contributed by atoms with E-state index in [1.807, 2.05) is 32.0 Å². The van der Waals surface area contributed by atoms with Crippen LogP contribution in [0.4, 0.5) is 5.95 Å². The zero-order chi connectivity index (χ0) is 23.5. The third-order valence-electron chi connectivity index (χ3n) is 4.70. The van der Waals surface area contributed by atoms with E-state index in [-0.39, 0.29) is 17.8 Å². The minimum absolute atomic E-state index is 0.0150. The fraction of sp³-hybridized carbons (Fsp3) is 0.409. The Morgan fingerprint density at radius 2 is 1.69 bits per heavy atom. The number of carbonyl (C=O) groups excluding carboxylic acids is 3. The Morgan fingerprint density at radius 1 is 1.03 bits per heavy atom.